The molecule has 1 unspecified atom stereocenters. The molecule has 0 radical (unpaired) electrons. The molecule has 0 aliphatic heterocycles. The largest absolute Gasteiger partial charge is 0.310 e. The predicted molar refractivity (Wildman–Crippen MR) is 88.0 cm³/mol. The highest BCUT2D eigenvalue weighted by Gasteiger charge is 2.20. The van der Waals surface area contributed by atoms with Crippen molar-refractivity contribution in [2.45, 2.75) is 19.4 Å². The van der Waals surface area contributed by atoms with E-state index in [9.17, 15) is 4.39 Å². The molecule has 2 aromatic rings. The molecule has 0 aliphatic carbocycles. The van der Waals surface area contributed by atoms with Crippen molar-refractivity contribution in [3.8, 4) is 0 Å². The fraction of sp³-hybridized carbons (Fsp3) is 0.250. The van der Waals surface area contributed by atoms with E-state index in [4.69, 9.17) is 34.8 Å². The maximum Gasteiger partial charge on any atom is 0.129 e. The second-order valence-electron chi connectivity index (χ2n) is 4.65. The van der Waals surface area contributed by atoms with Crippen molar-refractivity contribution >= 4 is 34.8 Å². The van der Waals surface area contributed by atoms with Gasteiger partial charge in [-0.25, -0.2) is 4.39 Å². The zero-order chi connectivity index (χ0) is 15.4. The van der Waals surface area contributed by atoms with Crippen LogP contribution in [0.1, 0.15) is 24.1 Å². The Hall–Kier alpha value is -0.800. The number of benzene rings is 2. The second-order valence-corrected chi connectivity index (χ2v) is 5.87. The van der Waals surface area contributed by atoms with Gasteiger partial charge in [-0.1, -0.05) is 53.9 Å². The van der Waals surface area contributed by atoms with Crippen molar-refractivity contribution in [3.63, 3.8) is 0 Å². The van der Waals surface area contributed by atoms with Crippen molar-refractivity contribution in [3.05, 3.63) is 68.4 Å². The van der Waals surface area contributed by atoms with Gasteiger partial charge in [0.25, 0.3) is 0 Å². The molecule has 112 valence electrons. The summed E-state index contributed by atoms with van der Waals surface area (Å²) in [5.41, 5.74) is 1.23. The van der Waals surface area contributed by atoms with Gasteiger partial charge >= 0.3 is 0 Å². The highest BCUT2D eigenvalue weighted by molar-refractivity contribution is 6.36. The van der Waals surface area contributed by atoms with E-state index in [2.05, 4.69) is 5.32 Å². The Morgan fingerprint density at radius 3 is 2.14 bits per heavy atom. The Bertz CT molecular complexity index is 590. The van der Waals surface area contributed by atoms with Crippen LogP contribution in [0.4, 0.5) is 4.39 Å². The maximum atomic E-state index is 14.1. The number of hydrogen-bond acceptors (Lipinski definition) is 1. The Morgan fingerprint density at radius 1 is 1.00 bits per heavy atom. The quantitative estimate of drug-likeness (QED) is 0.734. The third-order valence-electron chi connectivity index (χ3n) is 3.27. The number of likely N-dealkylation sites (N-methyl/N-ethyl adjacent to an activating group) is 1. The van der Waals surface area contributed by atoms with E-state index >= 15 is 0 Å². The third kappa shape index (κ3) is 3.89. The first kappa shape index (κ1) is 16.6. The first-order valence-corrected chi connectivity index (χ1v) is 7.78. The molecule has 0 fully saturated rings. The Labute approximate surface area is 139 Å². The van der Waals surface area contributed by atoms with Gasteiger partial charge in [0.15, 0.2) is 0 Å². The lowest BCUT2D eigenvalue weighted by atomic mass is 9.98. The first-order chi connectivity index (χ1) is 10.0. The molecule has 1 atom stereocenters. The normalized spacial score (nSPS) is 12.4. The van der Waals surface area contributed by atoms with Crippen LogP contribution in [0.15, 0.2) is 36.4 Å². The standard InChI is InChI=1S/C16H15Cl3FN/c1-2-21-15(16-13(19)7-4-8-14(16)20)9-10-11(17)5-3-6-12(10)18/h3-8,15,21H,2,9H2,1H3. The number of halogens is 4. The van der Waals surface area contributed by atoms with Gasteiger partial charge in [-0.3, -0.25) is 0 Å². The number of nitrogens with one attached hydrogen (secondary N) is 1. The molecule has 2 aromatic carbocycles. The first-order valence-electron chi connectivity index (χ1n) is 6.64. The van der Waals surface area contributed by atoms with Crippen molar-refractivity contribution in [1.29, 1.82) is 0 Å². The van der Waals surface area contributed by atoms with E-state index in [1.807, 2.05) is 6.92 Å². The van der Waals surface area contributed by atoms with Crippen LogP contribution in [0.2, 0.25) is 15.1 Å². The average molecular weight is 347 g/mol. The van der Waals surface area contributed by atoms with E-state index < -0.39 is 0 Å². The summed E-state index contributed by atoms with van der Waals surface area (Å²) in [6.07, 6.45) is 0.465. The van der Waals surface area contributed by atoms with E-state index in [0.717, 1.165) is 5.56 Å². The van der Waals surface area contributed by atoms with Crippen LogP contribution in [0.25, 0.3) is 0 Å². The molecule has 0 aromatic heterocycles. The topological polar surface area (TPSA) is 12.0 Å². The van der Waals surface area contributed by atoms with Crippen LogP contribution in [0.3, 0.4) is 0 Å². The Morgan fingerprint density at radius 2 is 1.57 bits per heavy atom. The van der Waals surface area contributed by atoms with Crippen LogP contribution in [0.5, 0.6) is 0 Å². The summed E-state index contributed by atoms with van der Waals surface area (Å²) in [7, 11) is 0. The fourth-order valence-corrected chi connectivity index (χ4v) is 3.14. The minimum Gasteiger partial charge on any atom is -0.310 e. The zero-order valence-corrected chi connectivity index (χ0v) is 13.7. The molecule has 0 saturated carbocycles. The molecule has 0 spiro atoms. The summed E-state index contributed by atoms with van der Waals surface area (Å²) in [6.45, 7) is 2.63. The van der Waals surface area contributed by atoms with Gasteiger partial charge in [-0.15, -0.1) is 0 Å². The molecule has 0 aliphatic rings. The smallest absolute Gasteiger partial charge is 0.129 e. The summed E-state index contributed by atoms with van der Waals surface area (Å²) >= 11 is 18.6. The van der Waals surface area contributed by atoms with Gasteiger partial charge in [-0.05, 0) is 42.8 Å². The van der Waals surface area contributed by atoms with E-state index in [-0.39, 0.29) is 11.9 Å². The SMILES string of the molecule is CCNC(Cc1c(Cl)cccc1Cl)c1c(F)cccc1Cl. The highest BCUT2D eigenvalue weighted by Crippen LogP contribution is 2.33. The lowest BCUT2D eigenvalue weighted by Gasteiger charge is -2.21. The van der Waals surface area contributed by atoms with Gasteiger partial charge in [0.05, 0.1) is 0 Å². The molecule has 21 heavy (non-hydrogen) atoms. The Balaban J connectivity index is 2.41. The second kappa shape index (κ2) is 7.46. The summed E-state index contributed by atoms with van der Waals surface area (Å²) in [5, 5.41) is 4.77. The predicted octanol–water partition coefficient (Wildman–Crippen LogP) is 5.68. The maximum absolute atomic E-state index is 14.1. The number of rotatable bonds is 5. The molecule has 2 rings (SSSR count). The summed E-state index contributed by atoms with van der Waals surface area (Å²) < 4.78 is 14.1. The molecule has 1 N–H and O–H groups in total. The molecule has 1 nitrogen and oxygen atoms in total. The molecule has 5 heteroatoms. The van der Waals surface area contributed by atoms with Crippen LogP contribution in [-0.2, 0) is 6.42 Å². The lowest BCUT2D eigenvalue weighted by Crippen LogP contribution is -2.24. The van der Waals surface area contributed by atoms with E-state index in [0.29, 0.717) is 33.6 Å². The minimum absolute atomic E-state index is 0.291. The van der Waals surface area contributed by atoms with Crippen LogP contribution >= 0.6 is 34.8 Å². The molecule has 0 bridgehead atoms. The molecule has 0 saturated heterocycles. The van der Waals surface area contributed by atoms with Gasteiger partial charge in [0, 0.05) is 26.7 Å². The molecule has 0 amide bonds. The van der Waals surface area contributed by atoms with Crippen LogP contribution < -0.4 is 5.32 Å². The van der Waals surface area contributed by atoms with Gasteiger partial charge in [0.1, 0.15) is 5.82 Å². The van der Waals surface area contributed by atoms with E-state index in [1.54, 1.807) is 30.3 Å². The van der Waals surface area contributed by atoms with Gasteiger partial charge in [0.2, 0.25) is 0 Å². The molecular weight excluding hydrogens is 332 g/mol. The van der Waals surface area contributed by atoms with E-state index in [1.165, 1.54) is 6.07 Å². The summed E-state index contributed by atoms with van der Waals surface area (Å²) in [5.74, 6) is -0.336. The lowest BCUT2D eigenvalue weighted by molar-refractivity contribution is 0.510. The molecule has 0 heterocycles. The van der Waals surface area contributed by atoms with Crippen molar-refractivity contribution in [2.24, 2.45) is 0 Å². The fourth-order valence-electron chi connectivity index (χ4n) is 2.30. The van der Waals surface area contributed by atoms with Crippen LogP contribution in [0, 0.1) is 5.82 Å². The van der Waals surface area contributed by atoms with Crippen molar-refractivity contribution < 1.29 is 4.39 Å². The molecular formula is C16H15Cl3FN. The highest BCUT2D eigenvalue weighted by atomic mass is 35.5. The Kier molecular flexibility index (Phi) is 5.88. The minimum atomic E-state index is -0.336. The summed E-state index contributed by atoms with van der Waals surface area (Å²) in [4.78, 5) is 0. The summed E-state index contributed by atoms with van der Waals surface area (Å²) in [6, 6.07) is 9.71. The van der Waals surface area contributed by atoms with Crippen molar-refractivity contribution in [2.75, 3.05) is 6.54 Å². The number of hydrogen-bond donors (Lipinski definition) is 1. The van der Waals surface area contributed by atoms with Gasteiger partial charge in [-0.2, -0.15) is 0 Å². The van der Waals surface area contributed by atoms with Crippen LogP contribution in [-0.4, -0.2) is 6.54 Å². The average Bonchev–Trinajstić information content (AvgIpc) is 2.42. The third-order valence-corrected chi connectivity index (χ3v) is 4.31. The monoisotopic (exact) mass is 345 g/mol. The zero-order valence-electron chi connectivity index (χ0n) is 11.5. The van der Waals surface area contributed by atoms with Gasteiger partial charge < -0.3 is 5.32 Å². The van der Waals surface area contributed by atoms with Crippen molar-refractivity contribution in [1.82, 2.24) is 5.32 Å².